The summed E-state index contributed by atoms with van der Waals surface area (Å²) in [6.07, 6.45) is 7.77. The van der Waals surface area contributed by atoms with E-state index < -0.39 is 0 Å². The molecule has 1 N–H and O–H groups in total. The van der Waals surface area contributed by atoms with E-state index in [1.807, 2.05) is 6.20 Å². The van der Waals surface area contributed by atoms with Gasteiger partial charge < -0.3 is 4.98 Å². The molecule has 0 bridgehead atoms. The van der Waals surface area contributed by atoms with Crippen LogP contribution >= 0.6 is 0 Å². The maximum absolute atomic E-state index is 4.72. The first-order chi connectivity index (χ1) is 11.5. The minimum Gasteiger partial charge on any atom is -0.341 e. The molecule has 1 saturated heterocycles. The standard InChI is InChI=1S/C21H29N3/c1-5-21(3,4)15-24-13-7-6-8-19(24)20-22-14-18(23-20)17-11-9-16(2)10-12-17/h5,9-12,14,19H,1,6-8,13,15H2,2-4H3,(H,22,23). The van der Waals surface area contributed by atoms with Gasteiger partial charge in [-0.05, 0) is 37.3 Å². The molecule has 0 amide bonds. The molecule has 0 spiro atoms. The average molecular weight is 323 g/mol. The summed E-state index contributed by atoms with van der Waals surface area (Å²) < 4.78 is 0. The second-order valence-electron chi connectivity index (χ2n) is 7.72. The molecule has 3 rings (SSSR count). The van der Waals surface area contributed by atoms with E-state index >= 15 is 0 Å². The van der Waals surface area contributed by atoms with Crippen LogP contribution in [0.15, 0.2) is 43.1 Å². The van der Waals surface area contributed by atoms with Crippen molar-refractivity contribution in [1.82, 2.24) is 14.9 Å². The zero-order chi connectivity index (χ0) is 17.2. The second kappa shape index (κ2) is 6.94. The van der Waals surface area contributed by atoms with Crippen molar-refractivity contribution in [3.05, 3.63) is 54.5 Å². The lowest BCUT2D eigenvalue weighted by atomic mass is 9.90. The van der Waals surface area contributed by atoms with E-state index in [0.717, 1.165) is 24.6 Å². The zero-order valence-electron chi connectivity index (χ0n) is 15.2. The third-order valence-corrected chi connectivity index (χ3v) is 5.05. The highest BCUT2D eigenvalue weighted by molar-refractivity contribution is 5.58. The van der Waals surface area contributed by atoms with E-state index in [2.05, 4.69) is 67.6 Å². The Kier molecular flexibility index (Phi) is 4.91. The summed E-state index contributed by atoms with van der Waals surface area (Å²) in [4.78, 5) is 10.9. The molecule has 1 aromatic carbocycles. The number of hydrogen-bond acceptors (Lipinski definition) is 2. The first-order valence-electron chi connectivity index (χ1n) is 8.98. The largest absolute Gasteiger partial charge is 0.341 e. The fourth-order valence-electron chi connectivity index (χ4n) is 3.46. The van der Waals surface area contributed by atoms with Crippen LogP contribution in [0.4, 0.5) is 0 Å². The lowest BCUT2D eigenvalue weighted by Crippen LogP contribution is -2.39. The number of H-pyrrole nitrogens is 1. The first-order valence-corrected chi connectivity index (χ1v) is 8.98. The lowest BCUT2D eigenvalue weighted by molar-refractivity contribution is 0.108. The lowest BCUT2D eigenvalue weighted by Gasteiger charge is -2.38. The Balaban J connectivity index is 1.81. The van der Waals surface area contributed by atoms with Crippen LogP contribution in [0.25, 0.3) is 11.3 Å². The van der Waals surface area contributed by atoms with Gasteiger partial charge in [0.25, 0.3) is 0 Å². The van der Waals surface area contributed by atoms with Crippen LogP contribution in [-0.4, -0.2) is 28.0 Å². The molecular formula is C21H29N3. The van der Waals surface area contributed by atoms with Gasteiger partial charge in [-0.1, -0.05) is 56.2 Å². The third kappa shape index (κ3) is 3.78. The summed E-state index contributed by atoms with van der Waals surface area (Å²) in [5.41, 5.74) is 3.72. The minimum atomic E-state index is 0.127. The normalized spacial score (nSPS) is 19.4. The number of nitrogens with zero attached hydrogens (tertiary/aromatic N) is 2. The Labute approximate surface area is 145 Å². The monoisotopic (exact) mass is 323 g/mol. The summed E-state index contributed by atoms with van der Waals surface area (Å²) in [6.45, 7) is 12.8. The summed E-state index contributed by atoms with van der Waals surface area (Å²) in [5, 5.41) is 0. The van der Waals surface area contributed by atoms with Crippen LogP contribution in [0.5, 0.6) is 0 Å². The van der Waals surface area contributed by atoms with Crippen molar-refractivity contribution < 1.29 is 0 Å². The van der Waals surface area contributed by atoms with Gasteiger partial charge in [0, 0.05) is 6.54 Å². The molecule has 1 atom stereocenters. The number of hydrogen-bond donors (Lipinski definition) is 1. The van der Waals surface area contributed by atoms with Crippen LogP contribution < -0.4 is 0 Å². The highest BCUT2D eigenvalue weighted by Gasteiger charge is 2.29. The Morgan fingerprint density at radius 3 is 2.75 bits per heavy atom. The summed E-state index contributed by atoms with van der Waals surface area (Å²) in [5.74, 6) is 1.10. The number of aryl methyl sites for hydroxylation is 1. The molecule has 0 aliphatic carbocycles. The van der Waals surface area contributed by atoms with E-state index in [1.54, 1.807) is 0 Å². The van der Waals surface area contributed by atoms with Gasteiger partial charge in [-0.25, -0.2) is 4.98 Å². The maximum atomic E-state index is 4.72. The van der Waals surface area contributed by atoms with E-state index in [0.29, 0.717) is 6.04 Å². The Bertz CT molecular complexity index is 681. The summed E-state index contributed by atoms with van der Waals surface area (Å²) in [6, 6.07) is 9.00. The molecule has 2 aromatic rings. The van der Waals surface area contributed by atoms with Crippen molar-refractivity contribution in [1.29, 1.82) is 0 Å². The highest BCUT2D eigenvalue weighted by Crippen LogP contribution is 2.33. The van der Waals surface area contributed by atoms with Crippen molar-refractivity contribution >= 4 is 0 Å². The molecule has 0 radical (unpaired) electrons. The molecule has 1 aliphatic rings. The van der Waals surface area contributed by atoms with Gasteiger partial charge in [0.2, 0.25) is 0 Å². The maximum Gasteiger partial charge on any atom is 0.123 e. The second-order valence-corrected chi connectivity index (χ2v) is 7.72. The number of benzene rings is 1. The van der Waals surface area contributed by atoms with Crippen molar-refractivity contribution in [2.24, 2.45) is 5.41 Å². The SMILES string of the molecule is C=CC(C)(C)CN1CCCCC1c1ncc(-c2ccc(C)cc2)[nH]1. The summed E-state index contributed by atoms with van der Waals surface area (Å²) >= 11 is 0. The number of piperidine rings is 1. The Hall–Kier alpha value is -1.87. The van der Waals surface area contributed by atoms with E-state index in [4.69, 9.17) is 4.98 Å². The van der Waals surface area contributed by atoms with E-state index in [-0.39, 0.29) is 5.41 Å². The molecule has 1 fully saturated rings. The van der Waals surface area contributed by atoms with Crippen LogP contribution in [-0.2, 0) is 0 Å². The smallest absolute Gasteiger partial charge is 0.123 e. The van der Waals surface area contributed by atoms with Gasteiger partial charge in [0.1, 0.15) is 5.82 Å². The Morgan fingerprint density at radius 1 is 1.29 bits per heavy atom. The van der Waals surface area contributed by atoms with Crippen molar-refractivity contribution in [3.8, 4) is 11.3 Å². The number of aromatic amines is 1. The fraction of sp³-hybridized carbons (Fsp3) is 0.476. The van der Waals surface area contributed by atoms with Crippen molar-refractivity contribution in [3.63, 3.8) is 0 Å². The van der Waals surface area contributed by atoms with Crippen molar-refractivity contribution in [2.75, 3.05) is 13.1 Å². The molecule has 24 heavy (non-hydrogen) atoms. The van der Waals surface area contributed by atoms with Crippen LogP contribution in [0.2, 0.25) is 0 Å². The first kappa shape index (κ1) is 17.0. The molecule has 1 aliphatic heterocycles. The van der Waals surface area contributed by atoms with Crippen LogP contribution in [0, 0.1) is 12.3 Å². The minimum absolute atomic E-state index is 0.127. The van der Waals surface area contributed by atoms with E-state index in [9.17, 15) is 0 Å². The van der Waals surface area contributed by atoms with Crippen LogP contribution in [0.1, 0.15) is 50.5 Å². The van der Waals surface area contributed by atoms with E-state index in [1.165, 1.54) is 30.4 Å². The molecule has 1 unspecified atom stereocenters. The molecule has 1 aromatic heterocycles. The number of aromatic nitrogens is 2. The topological polar surface area (TPSA) is 31.9 Å². The molecule has 3 nitrogen and oxygen atoms in total. The van der Waals surface area contributed by atoms with Gasteiger partial charge in [0.15, 0.2) is 0 Å². The number of nitrogens with one attached hydrogen (secondary N) is 1. The van der Waals surface area contributed by atoms with Gasteiger partial charge >= 0.3 is 0 Å². The predicted molar refractivity (Wildman–Crippen MR) is 101 cm³/mol. The van der Waals surface area contributed by atoms with Gasteiger partial charge in [-0.15, -0.1) is 6.58 Å². The Morgan fingerprint density at radius 2 is 2.04 bits per heavy atom. The van der Waals surface area contributed by atoms with Crippen LogP contribution in [0.3, 0.4) is 0 Å². The molecular weight excluding hydrogens is 294 g/mol. The third-order valence-electron chi connectivity index (χ3n) is 5.05. The zero-order valence-corrected chi connectivity index (χ0v) is 15.2. The van der Waals surface area contributed by atoms with Crippen molar-refractivity contribution in [2.45, 2.75) is 46.1 Å². The molecule has 128 valence electrons. The van der Waals surface area contributed by atoms with Gasteiger partial charge in [-0.2, -0.15) is 0 Å². The predicted octanol–water partition coefficient (Wildman–Crippen LogP) is 5.12. The number of rotatable bonds is 5. The van der Waals surface area contributed by atoms with Gasteiger partial charge in [-0.3, -0.25) is 4.90 Å². The molecule has 3 heteroatoms. The highest BCUT2D eigenvalue weighted by atomic mass is 15.2. The summed E-state index contributed by atoms with van der Waals surface area (Å²) in [7, 11) is 0. The molecule has 2 heterocycles. The molecule has 0 saturated carbocycles. The van der Waals surface area contributed by atoms with Gasteiger partial charge in [0.05, 0.1) is 17.9 Å². The fourth-order valence-corrected chi connectivity index (χ4v) is 3.46. The number of imidazole rings is 1. The average Bonchev–Trinajstić information content (AvgIpc) is 3.05. The number of likely N-dealkylation sites (tertiary alicyclic amines) is 1. The quantitative estimate of drug-likeness (QED) is 0.774.